The maximum absolute atomic E-state index is 12.8. The van der Waals surface area contributed by atoms with Crippen molar-refractivity contribution in [1.82, 2.24) is 4.98 Å². The fourth-order valence-corrected chi connectivity index (χ4v) is 4.70. The van der Waals surface area contributed by atoms with Gasteiger partial charge in [0.05, 0.1) is 9.79 Å². The second kappa shape index (κ2) is 9.45. The number of carbonyl (C=O) groups excluding carboxylic acids is 1. The van der Waals surface area contributed by atoms with Crippen LogP contribution in [0.5, 0.6) is 0 Å². The Balaban J connectivity index is 1.52. The molecule has 3 N–H and O–H groups in total. The van der Waals surface area contributed by atoms with Crippen molar-refractivity contribution in [3.8, 4) is 0 Å². The van der Waals surface area contributed by atoms with E-state index in [1.54, 1.807) is 54.6 Å². The molecule has 0 aliphatic carbocycles. The largest absolute Gasteiger partial charge is 0.362 e. The number of H-pyrrole nitrogens is 1. The van der Waals surface area contributed by atoms with Crippen molar-refractivity contribution >= 4 is 49.0 Å². The molecule has 0 unspecified atom stereocenters. The number of hydrogen-bond acceptors (Lipinski definition) is 7. The normalized spacial score (nSPS) is 11.5. The van der Waals surface area contributed by atoms with Gasteiger partial charge in [0.15, 0.2) is 0 Å². The zero-order chi connectivity index (χ0) is 23.4. The molecule has 1 heterocycles. The van der Waals surface area contributed by atoms with E-state index in [1.807, 2.05) is 0 Å². The summed E-state index contributed by atoms with van der Waals surface area (Å²) in [6.45, 7) is -0.208. The lowest BCUT2D eigenvalue weighted by atomic mass is 10.2. The highest BCUT2D eigenvalue weighted by Gasteiger charge is 2.18. The Morgan fingerprint density at radius 3 is 2.39 bits per heavy atom. The van der Waals surface area contributed by atoms with Crippen molar-refractivity contribution in [2.24, 2.45) is 0 Å². The topological polar surface area (TPSA) is 134 Å². The number of carbonyl (C=O) groups is 1. The molecule has 33 heavy (non-hydrogen) atoms. The van der Waals surface area contributed by atoms with Crippen LogP contribution in [0.2, 0.25) is 0 Å². The number of sulfone groups is 1. The van der Waals surface area contributed by atoms with Crippen LogP contribution in [0.4, 0.5) is 11.4 Å². The van der Waals surface area contributed by atoms with E-state index in [-0.39, 0.29) is 22.2 Å². The van der Waals surface area contributed by atoms with E-state index >= 15 is 0 Å². The number of anilines is 2. The van der Waals surface area contributed by atoms with Crippen LogP contribution < -0.4 is 10.6 Å². The summed E-state index contributed by atoms with van der Waals surface area (Å²) in [4.78, 5) is 16.0. The minimum atomic E-state index is -3.71. The van der Waals surface area contributed by atoms with Gasteiger partial charge in [0, 0.05) is 22.3 Å². The van der Waals surface area contributed by atoms with Gasteiger partial charge in [-0.05, 0) is 48.5 Å². The van der Waals surface area contributed by atoms with E-state index in [9.17, 15) is 21.6 Å². The van der Waals surface area contributed by atoms with E-state index in [1.165, 1.54) is 24.3 Å². The number of aromatic amines is 1. The Kier molecular flexibility index (Phi) is 6.45. The number of nitrogens with one attached hydrogen (secondary N) is 3. The first-order chi connectivity index (χ1) is 15.8. The van der Waals surface area contributed by atoms with Gasteiger partial charge in [-0.2, -0.15) is 0 Å². The first kappa shape index (κ1) is 22.5. The minimum Gasteiger partial charge on any atom is -0.362 e. The van der Waals surface area contributed by atoms with E-state index in [2.05, 4.69) is 19.8 Å². The lowest BCUT2D eigenvalue weighted by Crippen LogP contribution is -2.12. The summed E-state index contributed by atoms with van der Waals surface area (Å²) in [5.74, 6) is -0.443. The molecule has 0 fully saturated rings. The monoisotopic (exact) mass is 485 g/mol. The third-order valence-corrected chi connectivity index (χ3v) is 6.88. The molecule has 0 saturated carbocycles. The molecule has 9 nitrogen and oxygen atoms in total. The summed E-state index contributed by atoms with van der Waals surface area (Å²) < 4.78 is 51.1. The third kappa shape index (κ3) is 5.22. The van der Waals surface area contributed by atoms with Crippen molar-refractivity contribution in [2.75, 3.05) is 17.4 Å². The van der Waals surface area contributed by atoms with Gasteiger partial charge < -0.3 is 15.6 Å². The number of rotatable bonds is 8. The highest BCUT2D eigenvalue weighted by Crippen LogP contribution is 2.24. The number of thiol groups is 1. The summed E-state index contributed by atoms with van der Waals surface area (Å²) in [6, 6.07) is 20.9. The molecule has 0 bridgehead atoms. The molecule has 1 amide bonds. The van der Waals surface area contributed by atoms with Gasteiger partial charge in [-0.1, -0.05) is 30.3 Å². The van der Waals surface area contributed by atoms with Crippen molar-refractivity contribution in [1.29, 1.82) is 0 Å². The Labute approximate surface area is 191 Å². The third-order valence-electron chi connectivity index (χ3n) is 4.77. The maximum Gasteiger partial charge on any atom is 0.272 e. The number of amides is 1. The zero-order valence-corrected chi connectivity index (χ0v) is 18.7. The average molecular weight is 486 g/mol. The standard InChI is InChI=1S/C22H19N3O6S2/c26-22(21-11-15-9-10-16(13-20(15)25-21)23-14-31-32(27)28)24-17-5-4-8-19(12-17)33(29,30)18-6-2-1-3-7-18/h1-13,23,25,32H,14H2,(H,24,26). The van der Waals surface area contributed by atoms with E-state index in [0.717, 1.165) is 5.39 Å². The quantitative estimate of drug-likeness (QED) is 0.222. The average Bonchev–Trinajstić information content (AvgIpc) is 3.23. The van der Waals surface area contributed by atoms with Crippen LogP contribution in [0.1, 0.15) is 10.5 Å². The molecule has 0 spiro atoms. The summed E-state index contributed by atoms with van der Waals surface area (Å²) in [5, 5.41) is 6.27. The second-order valence-electron chi connectivity index (χ2n) is 6.96. The fourth-order valence-electron chi connectivity index (χ4n) is 3.20. The molecule has 0 saturated heterocycles. The van der Waals surface area contributed by atoms with E-state index in [0.29, 0.717) is 16.9 Å². The first-order valence-corrected chi connectivity index (χ1v) is 12.3. The Bertz CT molecular complexity index is 1490. The Morgan fingerprint density at radius 1 is 0.879 bits per heavy atom. The van der Waals surface area contributed by atoms with Crippen LogP contribution in [0.3, 0.4) is 0 Å². The molecule has 4 aromatic rings. The van der Waals surface area contributed by atoms with Crippen LogP contribution >= 0.6 is 0 Å². The first-order valence-electron chi connectivity index (χ1n) is 9.68. The molecule has 0 atom stereocenters. The Morgan fingerprint density at radius 2 is 1.64 bits per heavy atom. The fraction of sp³-hybridized carbons (Fsp3) is 0.0455. The summed E-state index contributed by atoms with van der Waals surface area (Å²) in [6.07, 6.45) is 0. The Hall–Kier alpha value is -3.67. The van der Waals surface area contributed by atoms with Gasteiger partial charge in [0.2, 0.25) is 9.84 Å². The van der Waals surface area contributed by atoms with E-state index in [4.69, 9.17) is 0 Å². The molecule has 11 heteroatoms. The van der Waals surface area contributed by atoms with Gasteiger partial charge >= 0.3 is 0 Å². The van der Waals surface area contributed by atoms with Gasteiger partial charge in [0.1, 0.15) is 12.4 Å². The molecule has 3 aromatic carbocycles. The van der Waals surface area contributed by atoms with Gasteiger partial charge in [-0.15, -0.1) is 0 Å². The molecule has 1 aromatic heterocycles. The van der Waals surface area contributed by atoms with Crippen molar-refractivity contribution in [2.45, 2.75) is 9.79 Å². The van der Waals surface area contributed by atoms with Crippen molar-refractivity contribution in [3.63, 3.8) is 0 Å². The summed E-state index contributed by atoms with van der Waals surface area (Å²) >= 11 is 0. The van der Waals surface area contributed by atoms with Crippen LogP contribution in [0, 0.1) is 0 Å². The highest BCUT2D eigenvalue weighted by atomic mass is 32.2. The minimum absolute atomic E-state index is 0.0703. The molecule has 0 aliphatic rings. The van der Waals surface area contributed by atoms with Gasteiger partial charge in [-0.3, -0.25) is 8.98 Å². The highest BCUT2D eigenvalue weighted by molar-refractivity contribution is 7.91. The smallest absolute Gasteiger partial charge is 0.272 e. The van der Waals surface area contributed by atoms with E-state index < -0.39 is 26.7 Å². The van der Waals surface area contributed by atoms with Crippen LogP contribution in [-0.2, 0) is 25.0 Å². The van der Waals surface area contributed by atoms with Crippen LogP contribution in [0.15, 0.2) is 88.7 Å². The molecular formula is C22H19N3O6S2. The number of aromatic nitrogens is 1. The van der Waals surface area contributed by atoms with Gasteiger partial charge in [-0.25, -0.2) is 16.8 Å². The van der Waals surface area contributed by atoms with Gasteiger partial charge in [0.25, 0.3) is 16.9 Å². The number of hydrogen-bond donors (Lipinski definition) is 4. The predicted molar refractivity (Wildman–Crippen MR) is 124 cm³/mol. The number of benzene rings is 3. The van der Waals surface area contributed by atoms with Crippen LogP contribution in [0.25, 0.3) is 10.9 Å². The molecule has 0 radical (unpaired) electrons. The predicted octanol–water partition coefficient (Wildman–Crippen LogP) is 3.17. The lowest BCUT2D eigenvalue weighted by Gasteiger charge is -2.08. The summed E-state index contributed by atoms with van der Waals surface area (Å²) in [7, 11) is -6.66. The molecule has 0 aliphatic heterocycles. The molecule has 4 rings (SSSR count). The maximum atomic E-state index is 12.8. The molecular weight excluding hydrogens is 466 g/mol. The molecule has 170 valence electrons. The zero-order valence-electron chi connectivity index (χ0n) is 17.0. The van der Waals surface area contributed by atoms with Crippen molar-refractivity contribution in [3.05, 3.63) is 84.6 Å². The summed E-state index contributed by atoms with van der Waals surface area (Å²) in [5.41, 5.74) is 1.86. The number of fused-ring (bicyclic) bond motifs is 1. The second-order valence-corrected chi connectivity index (χ2v) is 9.61. The SMILES string of the molecule is O=C(Nc1cccc(S(=O)(=O)c2ccccc2)c1)c1cc2ccc(NCO[SH](=O)=O)cc2[nH]1. The van der Waals surface area contributed by atoms with Crippen LogP contribution in [-0.4, -0.2) is 34.5 Å². The lowest BCUT2D eigenvalue weighted by molar-refractivity contribution is 0.102. The van der Waals surface area contributed by atoms with Crippen molar-refractivity contribution < 1.29 is 25.8 Å².